The summed E-state index contributed by atoms with van der Waals surface area (Å²) >= 11 is 0. The van der Waals surface area contributed by atoms with Gasteiger partial charge in [-0.25, -0.2) is 12.8 Å². The molecule has 20 heavy (non-hydrogen) atoms. The van der Waals surface area contributed by atoms with Crippen molar-refractivity contribution < 1.29 is 22.7 Å². The molecule has 5 nitrogen and oxygen atoms in total. The zero-order chi connectivity index (χ0) is 15.1. The van der Waals surface area contributed by atoms with E-state index in [9.17, 15) is 17.6 Å². The molecular weight excluding hydrogens is 285 g/mol. The van der Waals surface area contributed by atoms with Gasteiger partial charge >= 0.3 is 5.97 Å². The van der Waals surface area contributed by atoms with Crippen molar-refractivity contribution >= 4 is 16.0 Å². The molecule has 1 aliphatic rings. The maximum absolute atomic E-state index is 13.3. The van der Waals surface area contributed by atoms with Gasteiger partial charge in [0.15, 0.2) is 0 Å². The molecule has 2 rings (SSSR count). The lowest BCUT2D eigenvalue weighted by Crippen LogP contribution is -2.38. The van der Waals surface area contributed by atoms with E-state index < -0.39 is 28.4 Å². The molecule has 0 aliphatic heterocycles. The standard InChI is InChI=1S/C13H16FNO4S/c1-8-5-10(14)6-9(2)13(8)20(18,19)15(7-12(16)17)11-3-4-11/h5-6,11H,3-4,7H2,1-2H3,(H,16,17). The average Bonchev–Trinajstić information content (AvgIpc) is 3.06. The first-order chi connectivity index (χ1) is 9.23. The molecular formula is C13H16FNO4S. The van der Waals surface area contributed by atoms with Gasteiger partial charge in [-0.3, -0.25) is 4.79 Å². The lowest BCUT2D eigenvalue weighted by Gasteiger charge is -2.22. The number of carboxylic acids is 1. The molecule has 0 unspecified atom stereocenters. The second-order valence-electron chi connectivity index (χ2n) is 5.04. The summed E-state index contributed by atoms with van der Waals surface area (Å²) in [7, 11) is -3.93. The summed E-state index contributed by atoms with van der Waals surface area (Å²) in [6, 6.07) is 2.03. The molecule has 0 amide bonds. The van der Waals surface area contributed by atoms with Gasteiger partial charge in [0.1, 0.15) is 12.4 Å². The van der Waals surface area contributed by atoms with Gasteiger partial charge in [0.2, 0.25) is 10.0 Å². The van der Waals surface area contributed by atoms with E-state index in [2.05, 4.69) is 0 Å². The summed E-state index contributed by atoms with van der Waals surface area (Å²) in [5, 5.41) is 8.89. The minimum absolute atomic E-state index is 0.00653. The highest BCUT2D eigenvalue weighted by Gasteiger charge is 2.40. The Labute approximate surface area is 117 Å². The molecule has 0 saturated heterocycles. The fraction of sp³-hybridized carbons (Fsp3) is 0.462. The van der Waals surface area contributed by atoms with E-state index in [1.165, 1.54) is 13.8 Å². The van der Waals surface area contributed by atoms with E-state index in [1.54, 1.807) is 0 Å². The second-order valence-corrected chi connectivity index (χ2v) is 6.87. The van der Waals surface area contributed by atoms with Crippen LogP contribution < -0.4 is 0 Å². The molecule has 0 spiro atoms. The van der Waals surface area contributed by atoms with Gasteiger partial charge in [-0.2, -0.15) is 4.31 Å². The molecule has 1 N–H and O–H groups in total. The predicted molar refractivity (Wildman–Crippen MR) is 70.4 cm³/mol. The molecule has 1 aromatic rings. The molecule has 7 heteroatoms. The van der Waals surface area contributed by atoms with Gasteiger partial charge in [-0.1, -0.05) is 0 Å². The van der Waals surface area contributed by atoms with Crippen LogP contribution in [0.25, 0.3) is 0 Å². The molecule has 1 aliphatic carbocycles. The average molecular weight is 301 g/mol. The Hall–Kier alpha value is -1.47. The number of carbonyl (C=O) groups is 1. The van der Waals surface area contributed by atoms with Crippen LogP contribution in [0.1, 0.15) is 24.0 Å². The van der Waals surface area contributed by atoms with Crippen LogP contribution in [0.5, 0.6) is 0 Å². The second kappa shape index (κ2) is 5.14. The lowest BCUT2D eigenvalue weighted by molar-refractivity contribution is -0.137. The first kappa shape index (κ1) is 14.9. The monoisotopic (exact) mass is 301 g/mol. The molecule has 1 fully saturated rings. The van der Waals surface area contributed by atoms with Crippen LogP contribution in [-0.4, -0.2) is 36.4 Å². The van der Waals surface area contributed by atoms with Crippen LogP contribution in [0.4, 0.5) is 4.39 Å². The molecule has 1 aromatic carbocycles. The molecule has 1 saturated carbocycles. The number of hydrogen-bond acceptors (Lipinski definition) is 3. The van der Waals surface area contributed by atoms with Crippen molar-refractivity contribution in [3.8, 4) is 0 Å². The number of halogens is 1. The highest BCUT2D eigenvalue weighted by molar-refractivity contribution is 7.89. The summed E-state index contributed by atoms with van der Waals surface area (Å²) in [4.78, 5) is 10.9. The zero-order valence-corrected chi connectivity index (χ0v) is 12.1. The lowest BCUT2D eigenvalue weighted by atomic mass is 10.1. The van der Waals surface area contributed by atoms with Gasteiger partial charge in [-0.05, 0) is 49.9 Å². The Bertz CT molecular complexity index is 629. The van der Waals surface area contributed by atoms with Crippen molar-refractivity contribution in [3.63, 3.8) is 0 Å². The van der Waals surface area contributed by atoms with Crippen LogP contribution in [0, 0.1) is 19.7 Å². The number of aliphatic carboxylic acids is 1. The number of hydrogen-bond donors (Lipinski definition) is 1. The predicted octanol–water partition coefficient (Wildman–Crippen LogP) is 1.68. The van der Waals surface area contributed by atoms with Crippen LogP contribution >= 0.6 is 0 Å². The first-order valence-electron chi connectivity index (χ1n) is 6.24. The van der Waals surface area contributed by atoms with E-state index in [-0.39, 0.29) is 10.9 Å². The molecule has 0 aromatic heterocycles. The van der Waals surface area contributed by atoms with Crippen molar-refractivity contribution in [2.24, 2.45) is 0 Å². The fourth-order valence-electron chi connectivity index (χ4n) is 2.33. The minimum Gasteiger partial charge on any atom is -0.480 e. The van der Waals surface area contributed by atoms with Crippen molar-refractivity contribution in [1.82, 2.24) is 4.31 Å². The van der Waals surface area contributed by atoms with Crippen molar-refractivity contribution in [1.29, 1.82) is 0 Å². The van der Waals surface area contributed by atoms with E-state index in [0.29, 0.717) is 24.0 Å². The fourth-order valence-corrected chi connectivity index (χ4v) is 4.38. The maximum atomic E-state index is 13.3. The van der Waals surface area contributed by atoms with E-state index in [4.69, 9.17) is 5.11 Å². The smallest absolute Gasteiger partial charge is 0.318 e. The number of nitrogens with zero attached hydrogens (tertiary/aromatic N) is 1. The Balaban J connectivity index is 2.50. The van der Waals surface area contributed by atoms with Gasteiger partial charge in [0.25, 0.3) is 0 Å². The summed E-state index contributed by atoms with van der Waals surface area (Å²) in [5.74, 6) is -1.70. The maximum Gasteiger partial charge on any atom is 0.318 e. The van der Waals surface area contributed by atoms with E-state index in [0.717, 1.165) is 16.4 Å². The van der Waals surface area contributed by atoms with Crippen molar-refractivity contribution in [2.75, 3.05) is 6.54 Å². The topological polar surface area (TPSA) is 74.7 Å². The Morgan fingerprint density at radius 3 is 2.25 bits per heavy atom. The summed E-state index contributed by atoms with van der Waals surface area (Å²) in [5.41, 5.74) is 0.581. The van der Waals surface area contributed by atoms with Crippen molar-refractivity contribution in [3.05, 3.63) is 29.1 Å². The number of carboxylic acid groups (broad SMARTS) is 1. The van der Waals surface area contributed by atoms with Gasteiger partial charge in [0, 0.05) is 6.04 Å². The van der Waals surface area contributed by atoms with Crippen LogP contribution in [-0.2, 0) is 14.8 Å². The third kappa shape index (κ3) is 2.83. The summed E-state index contributed by atoms with van der Waals surface area (Å²) in [6.07, 6.45) is 1.32. The third-order valence-corrected chi connectivity index (χ3v) is 5.44. The summed E-state index contributed by atoms with van der Waals surface area (Å²) in [6.45, 7) is 2.45. The SMILES string of the molecule is Cc1cc(F)cc(C)c1S(=O)(=O)N(CC(=O)O)C1CC1. The molecule has 110 valence electrons. The Morgan fingerprint density at radius 2 is 1.85 bits per heavy atom. The zero-order valence-electron chi connectivity index (χ0n) is 11.3. The molecule has 0 bridgehead atoms. The summed E-state index contributed by atoms with van der Waals surface area (Å²) < 4.78 is 39.6. The highest BCUT2D eigenvalue weighted by atomic mass is 32.2. The van der Waals surface area contributed by atoms with Crippen LogP contribution in [0.2, 0.25) is 0 Å². The van der Waals surface area contributed by atoms with E-state index in [1.807, 2.05) is 0 Å². The largest absolute Gasteiger partial charge is 0.480 e. The van der Waals surface area contributed by atoms with Gasteiger partial charge < -0.3 is 5.11 Å². The number of benzene rings is 1. The van der Waals surface area contributed by atoms with Crippen LogP contribution in [0.3, 0.4) is 0 Å². The number of aryl methyl sites for hydroxylation is 2. The number of rotatable bonds is 5. The Morgan fingerprint density at radius 1 is 1.35 bits per heavy atom. The third-order valence-electron chi connectivity index (χ3n) is 3.24. The van der Waals surface area contributed by atoms with Crippen LogP contribution in [0.15, 0.2) is 17.0 Å². The highest BCUT2D eigenvalue weighted by Crippen LogP contribution is 2.34. The quantitative estimate of drug-likeness (QED) is 0.898. The Kier molecular flexibility index (Phi) is 3.84. The minimum atomic E-state index is -3.93. The normalized spacial score (nSPS) is 15.6. The molecule has 0 heterocycles. The molecule has 0 radical (unpaired) electrons. The van der Waals surface area contributed by atoms with Gasteiger partial charge in [-0.15, -0.1) is 0 Å². The number of sulfonamides is 1. The van der Waals surface area contributed by atoms with E-state index >= 15 is 0 Å². The molecule has 0 atom stereocenters. The first-order valence-corrected chi connectivity index (χ1v) is 7.68. The van der Waals surface area contributed by atoms with Crippen molar-refractivity contribution in [2.45, 2.75) is 37.6 Å². The van der Waals surface area contributed by atoms with Gasteiger partial charge in [0.05, 0.1) is 4.90 Å².